The van der Waals surface area contributed by atoms with Crippen molar-refractivity contribution in [3.8, 4) is 0 Å². The van der Waals surface area contributed by atoms with Crippen molar-refractivity contribution in [1.82, 2.24) is 16.0 Å². The van der Waals surface area contributed by atoms with E-state index in [4.69, 9.17) is 37.9 Å². The minimum absolute atomic E-state index is 0.816. The SMILES string of the molecule is CC(=O)NC1C(O)O[C@@H](CO)[C@@H](OC2OC(CO)[C@H](O)[C@H](OC3(C(=O)O)C[C@@H](O)[C@H](NC(=O)NC(=O)CC4OC(CO)C(O)C(O)C4O)C([C@H](O)[C@H](O)CO)O3)[C@@H]2O)C1O[C@@H]1O[C@@H](C)C(O)C(O)C1O. The van der Waals surface area contributed by atoms with Crippen molar-refractivity contribution in [2.24, 2.45) is 0 Å². The van der Waals surface area contributed by atoms with Gasteiger partial charge in [-0.3, -0.25) is 14.9 Å². The highest BCUT2D eigenvalue weighted by Crippen LogP contribution is 2.39. The maximum atomic E-state index is 13.2. The molecule has 0 radical (unpaired) electrons. The smallest absolute Gasteiger partial charge is 0.364 e. The second-order valence-corrected chi connectivity index (χ2v) is 17.4. The van der Waals surface area contributed by atoms with E-state index >= 15 is 0 Å². The molecule has 26 atom stereocenters. The number of aliphatic hydroxyl groups is 16. The molecule has 0 aromatic heterocycles. The molecule has 5 rings (SSSR count). The number of carboxylic acid groups (broad SMARTS) is 1. The first-order valence-corrected chi connectivity index (χ1v) is 21.8. The molecule has 15 unspecified atom stereocenters. The molecule has 5 aliphatic rings. The zero-order chi connectivity index (χ0) is 52.3. The van der Waals surface area contributed by atoms with Gasteiger partial charge in [-0.25, -0.2) is 9.59 Å². The molecule has 70 heavy (non-hydrogen) atoms. The third-order valence-electron chi connectivity index (χ3n) is 12.5. The van der Waals surface area contributed by atoms with E-state index in [0.29, 0.717) is 0 Å². The van der Waals surface area contributed by atoms with Crippen LogP contribution in [0, 0.1) is 0 Å². The number of ether oxygens (including phenoxy) is 8. The Labute approximate surface area is 395 Å². The third-order valence-corrected chi connectivity index (χ3v) is 12.5. The van der Waals surface area contributed by atoms with E-state index in [9.17, 15) is 106 Å². The molecule has 32 heteroatoms. The van der Waals surface area contributed by atoms with Crippen molar-refractivity contribution in [1.29, 1.82) is 0 Å². The fraction of sp³-hybridized carbons (Fsp3) is 0.895. The van der Waals surface area contributed by atoms with E-state index in [-0.39, 0.29) is 0 Å². The fourth-order valence-corrected chi connectivity index (χ4v) is 8.65. The van der Waals surface area contributed by atoms with Gasteiger partial charge in [-0.05, 0) is 6.92 Å². The summed E-state index contributed by atoms with van der Waals surface area (Å²) in [5.74, 6) is -7.56. The lowest BCUT2D eigenvalue weighted by molar-refractivity contribution is -0.390. The van der Waals surface area contributed by atoms with Crippen molar-refractivity contribution >= 4 is 23.8 Å². The number of hydrogen-bond acceptors (Lipinski definition) is 28. The zero-order valence-electron chi connectivity index (χ0n) is 37.2. The number of nitrogens with one attached hydrogen (secondary N) is 3. The highest BCUT2D eigenvalue weighted by atomic mass is 16.8. The second kappa shape index (κ2) is 24.3. The number of aliphatic carboxylic acids is 1. The van der Waals surface area contributed by atoms with Crippen molar-refractivity contribution < 1.29 is 144 Å². The van der Waals surface area contributed by atoms with Crippen molar-refractivity contribution in [3.63, 3.8) is 0 Å². The highest BCUT2D eigenvalue weighted by molar-refractivity contribution is 5.94. The van der Waals surface area contributed by atoms with Gasteiger partial charge in [0.1, 0.15) is 110 Å². The van der Waals surface area contributed by atoms with Crippen molar-refractivity contribution in [3.05, 3.63) is 0 Å². The van der Waals surface area contributed by atoms with Crippen molar-refractivity contribution in [2.75, 3.05) is 26.4 Å². The molecule has 0 saturated carbocycles. The molecule has 0 bridgehead atoms. The van der Waals surface area contributed by atoms with Gasteiger partial charge >= 0.3 is 12.0 Å². The molecule has 404 valence electrons. The van der Waals surface area contributed by atoms with Crippen LogP contribution in [0.15, 0.2) is 0 Å². The van der Waals surface area contributed by atoms with Gasteiger partial charge in [0.05, 0.1) is 57.2 Å². The number of carbonyl (C=O) groups excluding carboxylic acids is 3. The number of imide groups is 1. The highest BCUT2D eigenvalue weighted by Gasteiger charge is 2.61. The van der Waals surface area contributed by atoms with Crippen LogP contribution in [0.3, 0.4) is 0 Å². The third kappa shape index (κ3) is 12.5. The van der Waals surface area contributed by atoms with E-state index in [1.165, 1.54) is 6.92 Å². The van der Waals surface area contributed by atoms with E-state index in [2.05, 4.69) is 5.32 Å². The Hall–Kier alpha value is -3.08. The van der Waals surface area contributed by atoms with Crippen LogP contribution in [0.4, 0.5) is 4.79 Å². The lowest BCUT2D eigenvalue weighted by Gasteiger charge is -2.51. The van der Waals surface area contributed by atoms with Crippen molar-refractivity contribution in [2.45, 2.75) is 186 Å². The Balaban J connectivity index is 1.41. The van der Waals surface area contributed by atoms with E-state index < -0.39 is 222 Å². The number of amides is 4. The molecule has 5 aliphatic heterocycles. The summed E-state index contributed by atoms with van der Waals surface area (Å²) in [7, 11) is 0. The molecule has 20 N–H and O–H groups in total. The van der Waals surface area contributed by atoms with Gasteiger partial charge in [-0.1, -0.05) is 0 Å². The number of carboxylic acids is 1. The van der Waals surface area contributed by atoms with Gasteiger partial charge in [-0.2, -0.15) is 0 Å². The fourth-order valence-electron chi connectivity index (χ4n) is 8.65. The average Bonchev–Trinajstić information content (AvgIpc) is 3.31. The Bertz CT molecular complexity index is 1760. The summed E-state index contributed by atoms with van der Waals surface area (Å²) in [6.07, 6.45) is -47.2. The molecule has 0 spiro atoms. The first-order chi connectivity index (χ1) is 32.8. The van der Waals surface area contributed by atoms with Gasteiger partial charge in [0.15, 0.2) is 18.9 Å². The first kappa shape index (κ1) is 57.8. The average molecular weight is 1030 g/mol. The van der Waals surface area contributed by atoms with E-state index in [1.54, 1.807) is 5.32 Å². The molecule has 32 nitrogen and oxygen atoms in total. The lowest BCUT2D eigenvalue weighted by Crippen LogP contribution is -2.71. The van der Waals surface area contributed by atoms with Crippen LogP contribution < -0.4 is 16.0 Å². The largest absolute Gasteiger partial charge is 0.477 e. The van der Waals surface area contributed by atoms with Crippen LogP contribution in [0.2, 0.25) is 0 Å². The molecule has 0 aliphatic carbocycles. The summed E-state index contributed by atoms with van der Waals surface area (Å²) in [6.45, 7) is -1.97. The van der Waals surface area contributed by atoms with E-state index in [0.717, 1.165) is 6.92 Å². The number of aliphatic hydroxyl groups excluding tert-OH is 16. The van der Waals surface area contributed by atoms with Crippen LogP contribution in [0.5, 0.6) is 0 Å². The minimum atomic E-state index is -3.34. The molecule has 5 heterocycles. The molecular formula is C38H63N3O29. The molecule has 5 saturated heterocycles. The number of urea groups is 1. The monoisotopic (exact) mass is 1030 g/mol. The van der Waals surface area contributed by atoms with Crippen LogP contribution in [-0.2, 0) is 52.3 Å². The van der Waals surface area contributed by atoms with Crippen LogP contribution in [-0.4, -0.2) is 296 Å². The Morgan fingerprint density at radius 3 is 1.80 bits per heavy atom. The second-order valence-electron chi connectivity index (χ2n) is 17.4. The Morgan fingerprint density at radius 2 is 1.21 bits per heavy atom. The Kier molecular flexibility index (Phi) is 20.1. The molecule has 5 fully saturated rings. The topological polar surface area (TPSA) is 522 Å². The van der Waals surface area contributed by atoms with Crippen LogP contribution in [0.25, 0.3) is 0 Å². The number of hydrogen-bond donors (Lipinski definition) is 20. The number of rotatable bonds is 17. The first-order valence-electron chi connectivity index (χ1n) is 21.8. The summed E-state index contributed by atoms with van der Waals surface area (Å²) in [6, 6.07) is -5.22. The maximum Gasteiger partial charge on any atom is 0.364 e. The summed E-state index contributed by atoms with van der Waals surface area (Å²) < 4.78 is 45.0. The van der Waals surface area contributed by atoms with Gasteiger partial charge < -0.3 is 135 Å². The van der Waals surface area contributed by atoms with E-state index in [1.807, 2.05) is 5.32 Å². The lowest BCUT2D eigenvalue weighted by atomic mass is 9.88. The summed E-state index contributed by atoms with van der Waals surface area (Å²) in [5.41, 5.74) is 0. The normalized spacial score (nSPS) is 45.5. The predicted octanol–water partition coefficient (Wildman–Crippen LogP) is -12.3. The van der Waals surface area contributed by atoms with Gasteiger partial charge in [0, 0.05) is 13.3 Å². The molecule has 0 aromatic carbocycles. The maximum absolute atomic E-state index is 13.2. The molecule has 4 amide bonds. The number of carbonyl (C=O) groups is 4. The zero-order valence-corrected chi connectivity index (χ0v) is 37.2. The van der Waals surface area contributed by atoms with Gasteiger partial charge in [0.25, 0.3) is 5.79 Å². The minimum Gasteiger partial charge on any atom is -0.477 e. The molecular weight excluding hydrogens is 962 g/mol. The summed E-state index contributed by atoms with van der Waals surface area (Å²) >= 11 is 0. The standard InChI is InChI=1S/C38H63N3O29/c1-9-20(50)25(55)27(57)34(63-9)68-31-19(39-10(2)46)33(59)65-16(8-45)29(31)67-35-28(58)32(24(54)15(7-44)66-35)70-38(36(60)61)4-11(47)18(30(69-38)21(51)12(48)5-42)41-37(62)40-17(49)3-13-22(52)26(56)23(53)14(6-43)64-13/h9,11-16,18-35,42-45,47-48,50-59H,3-8H2,1-2H3,(H,39,46)(H,60,61)(H2,40,41,49,62)/t9-,11+,12+,13?,14?,15?,16-,18-,19?,20?,21+,22?,23?,24-,25?,26?,27?,28-,29+,30?,31?,32-,33?,34-,35?,38?/m0/s1. The quantitative estimate of drug-likeness (QED) is 0.0643. The summed E-state index contributed by atoms with van der Waals surface area (Å²) in [4.78, 5) is 51.4. The summed E-state index contributed by atoms with van der Waals surface area (Å²) in [5, 5.41) is 185. The Morgan fingerprint density at radius 1 is 0.643 bits per heavy atom. The van der Waals surface area contributed by atoms with Gasteiger partial charge in [0.2, 0.25) is 11.8 Å². The van der Waals surface area contributed by atoms with Gasteiger partial charge in [-0.15, -0.1) is 0 Å². The molecule has 0 aromatic rings. The predicted molar refractivity (Wildman–Crippen MR) is 214 cm³/mol. The van der Waals surface area contributed by atoms with Crippen LogP contribution in [0.1, 0.15) is 26.7 Å². The van der Waals surface area contributed by atoms with Crippen LogP contribution >= 0.6 is 0 Å².